The minimum atomic E-state index is -0.389. The third-order valence-corrected chi connectivity index (χ3v) is 3.17. The van der Waals surface area contributed by atoms with Gasteiger partial charge in [-0.05, 0) is 37.6 Å². The molecule has 1 unspecified atom stereocenters. The second-order valence-electron chi connectivity index (χ2n) is 4.59. The number of nitrogens with one attached hydrogen (secondary N) is 2. The lowest BCUT2D eigenvalue weighted by molar-refractivity contribution is -0.121. The summed E-state index contributed by atoms with van der Waals surface area (Å²) < 4.78 is 0. The summed E-state index contributed by atoms with van der Waals surface area (Å²) >= 11 is 0. The number of amides is 2. The number of nitrogens with zero attached hydrogens (tertiary/aromatic N) is 1. The Bertz CT molecular complexity index is 416. The van der Waals surface area contributed by atoms with Crippen molar-refractivity contribution in [3.05, 3.63) is 24.0 Å². The largest absolute Gasteiger partial charge is 0.357 e. The van der Waals surface area contributed by atoms with Gasteiger partial charge in [-0.3, -0.25) is 19.8 Å². The van der Waals surface area contributed by atoms with Crippen LogP contribution in [0.25, 0.3) is 0 Å². The van der Waals surface area contributed by atoms with Crippen LogP contribution in [0.15, 0.2) is 18.3 Å². The lowest BCUT2D eigenvalue weighted by Crippen LogP contribution is -2.39. The number of rotatable bonds is 4. The molecule has 6 heteroatoms. The van der Waals surface area contributed by atoms with Crippen LogP contribution in [0.3, 0.4) is 0 Å². The van der Waals surface area contributed by atoms with E-state index in [9.17, 15) is 9.59 Å². The van der Waals surface area contributed by atoms with Gasteiger partial charge < -0.3 is 10.7 Å². The van der Waals surface area contributed by atoms with Crippen LogP contribution in [-0.2, 0) is 4.79 Å². The van der Waals surface area contributed by atoms with Crippen LogP contribution in [0.1, 0.15) is 16.9 Å². The van der Waals surface area contributed by atoms with E-state index < -0.39 is 0 Å². The number of aromatic nitrogens is 1. The van der Waals surface area contributed by atoms with Crippen LogP contribution < -0.4 is 11.1 Å². The molecule has 0 radical (unpaired) electrons. The molecule has 1 aromatic rings. The van der Waals surface area contributed by atoms with Gasteiger partial charge in [0.05, 0.1) is 6.54 Å². The molecule has 2 heterocycles. The molecule has 18 heavy (non-hydrogen) atoms. The first-order valence-corrected chi connectivity index (χ1v) is 6.09. The van der Waals surface area contributed by atoms with Crippen molar-refractivity contribution < 1.29 is 9.59 Å². The molecule has 1 aliphatic heterocycles. The molecule has 0 aliphatic carbocycles. The highest BCUT2D eigenvalue weighted by Crippen LogP contribution is 2.13. The molecule has 0 spiro atoms. The highest BCUT2D eigenvalue weighted by molar-refractivity contribution is 6.04. The van der Waals surface area contributed by atoms with Crippen LogP contribution in [-0.4, -0.2) is 47.9 Å². The second kappa shape index (κ2) is 5.79. The van der Waals surface area contributed by atoms with Crippen molar-refractivity contribution in [1.29, 1.82) is 0 Å². The Balaban J connectivity index is 1.77. The molecule has 1 atom stereocenters. The van der Waals surface area contributed by atoms with Crippen LogP contribution in [0.4, 0.5) is 0 Å². The molecule has 0 aromatic carbocycles. The fourth-order valence-electron chi connectivity index (χ4n) is 2.16. The maximum Gasteiger partial charge on any atom is 0.274 e. The van der Waals surface area contributed by atoms with Crippen molar-refractivity contribution in [2.75, 3.05) is 26.2 Å². The van der Waals surface area contributed by atoms with E-state index in [0.29, 0.717) is 18.2 Å². The van der Waals surface area contributed by atoms with Gasteiger partial charge in [-0.1, -0.05) is 0 Å². The monoisotopic (exact) mass is 250 g/mol. The Morgan fingerprint density at radius 1 is 1.56 bits per heavy atom. The maximum atomic E-state index is 11.7. The molecule has 6 nitrogen and oxygen atoms in total. The van der Waals surface area contributed by atoms with Crippen molar-refractivity contribution in [3.63, 3.8) is 0 Å². The average Bonchev–Trinajstić information content (AvgIpc) is 2.98. The Hall–Kier alpha value is -1.66. The number of H-pyrrole nitrogens is 1. The van der Waals surface area contributed by atoms with Gasteiger partial charge in [0, 0.05) is 12.7 Å². The second-order valence-corrected chi connectivity index (χ2v) is 4.59. The van der Waals surface area contributed by atoms with E-state index in [1.807, 2.05) is 4.90 Å². The highest BCUT2D eigenvalue weighted by atomic mass is 16.2. The van der Waals surface area contributed by atoms with E-state index in [0.717, 1.165) is 19.5 Å². The number of aromatic amines is 1. The van der Waals surface area contributed by atoms with E-state index in [1.165, 1.54) is 0 Å². The zero-order valence-electron chi connectivity index (χ0n) is 10.2. The number of carbonyl (C=O) groups excluding carboxylic acids is 2. The molecular weight excluding hydrogens is 232 g/mol. The normalized spacial score (nSPS) is 19.9. The van der Waals surface area contributed by atoms with Crippen molar-refractivity contribution in [2.24, 2.45) is 11.7 Å². The molecule has 98 valence electrons. The molecule has 2 rings (SSSR count). The van der Waals surface area contributed by atoms with E-state index in [4.69, 9.17) is 5.73 Å². The highest BCUT2D eigenvalue weighted by Gasteiger charge is 2.23. The lowest BCUT2D eigenvalue weighted by Gasteiger charge is -2.14. The molecule has 1 saturated heterocycles. The zero-order chi connectivity index (χ0) is 13.0. The Labute approximate surface area is 106 Å². The van der Waals surface area contributed by atoms with Gasteiger partial charge in [-0.25, -0.2) is 0 Å². The Morgan fingerprint density at radius 2 is 2.39 bits per heavy atom. The number of likely N-dealkylation sites (tertiary alicyclic amines) is 1. The van der Waals surface area contributed by atoms with Gasteiger partial charge in [0.15, 0.2) is 0 Å². The van der Waals surface area contributed by atoms with Crippen molar-refractivity contribution in [3.8, 4) is 0 Å². The van der Waals surface area contributed by atoms with Crippen molar-refractivity contribution >= 4 is 11.8 Å². The number of carbonyl (C=O) groups is 2. The molecule has 1 aromatic heterocycles. The minimum absolute atomic E-state index is 0.253. The standard InChI is InChI=1S/C12H18N4O2/c13-6-9-3-5-16(7-9)8-11(17)15-12(18)10-2-1-4-14-10/h1-2,4,9,14H,3,5-8,13H2,(H,15,17,18). The van der Waals surface area contributed by atoms with Crippen LogP contribution >= 0.6 is 0 Å². The number of nitrogens with two attached hydrogens (primary N) is 1. The summed E-state index contributed by atoms with van der Waals surface area (Å²) in [6.45, 7) is 2.61. The van der Waals surface area contributed by atoms with Crippen LogP contribution in [0.2, 0.25) is 0 Å². The number of hydrogen-bond acceptors (Lipinski definition) is 4. The maximum absolute atomic E-state index is 11.7. The minimum Gasteiger partial charge on any atom is -0.357 e. The molecule has 0 bridgehead atoms. The molecule has 0 saturated carbocycles. The van der Waals surface area contributed by atoms with Gasteiger partial charge in [0.1, 0.15) is 5.69 Å². The Morgan fingerprint density at radius 3 is 3.00 bits per heavy atom. The topological polar surface area (TPSA) is 91.2 Å². The number of hydrogen-bond donors (Lipinski definition) is 3. The molecule has 1 fully saturated rings. The van der Waals surface area contributed by atoms with E-state index >= 15 is 0 Å². The molecule has 4 N–H and O–H groups in total. The first-order valence-electron chi connectivity index (χ1n) is 6.09. The van der Waals surface area contributed by atoms with Crippen LogP contribution in [0, 0.1) is 5.92 Å². The summed E-state index contributed by atoms with van der Waals surface area (Å²) in [5, 5.41) is 2.36. The third kappa shape index (κ3) is 3.18. The first kappa shape index (κ1) is 12.8. The van der Waals surface area contributed by atoms with Gasteiger partial charge in [0.2, 0.25) is 5.91 Å². The quantitative estimate of drug-likeness (QED) is 0.675. The predicted octanol–water partition coefficient (Wildman–Crippen LogP) is -0.448. The van der Waals surface area contributed by atoms with E-state index in [2.05, 4.69) is 10.3 Å². The summed E-state index contributed by atoms with van der Waals surface area (Å²) in [5.74, 6) is -0.191. The SMILES string of the molecule is NCC1CCN(CC(=O)NC(=O)c2ccc[nH]2)C1. The number of imide groups is 1. The summed E-state index contributed by atoms with van der Waals surface area (Å²) in [7, 11) is 0. The molecular formula is C12H18N4O2. The molecule has 2 amide bonds. The van der Waals surface area contributed by atoms with Gasteiger partial charge in [-0.15, -0.1) is 0 Å². The van der Waals surface area contributed by atoms with Gasteiger partial charge >= 0.3 is 0 Å². The van der Waals surface area contributed by atoms with Crippen LogP contribution in [0.5, 0.6) is 0 Å². The Kier molecular flexibility index (Phi) is 4.11. The predicted molar refractivity (Wildman–Crippen MR) is 66.9 cm³/mol. The summed E-state index contributed by atoms with van der Waals surface area (Å²) in [5.41, 5.74) is 5.98. The fourth-order valence-corrected chi connectivity index (χ4v) is 2.16. The summed E-state index contributed by atoms with van der Waals surface area (Å²) in [6, 6.07) is 3.34. The lowest BCUT2D eigenvalue weighted by atomic mass is 10.1. The summed E-state index contributed by atoms with van der Waals surface area (Å²) in [4.78, 5) is 28.1. The van der Waals surface area contributed by atoms with Gasteiger partial charge in [-0.2, -0.15) is 0 Å². The first-order chi connectivity index (χ1) is 8.69. The van der Waals surface area contributed by atoms with Crippen molar-refractivity contribution in [2.45, 2.75) is 6.42 Å². The molecule has 1 aliphatic rings. The fraction of sp³-hybridized carbons (Fsp3) is 0.500. The third-order valence-electron chi connectivity index (χ3n) is 3.17. The van der Waals surface area contributed by atoms with Crippen molar-refractivity contribution in [1.82, 2.24) is 15.2 Å². The van der Waals surface area contributed by atoms with E-state index in [1.54, 1.807) is 18.3 Å². The smallest absolute Gasteiger partial charge is 0.274 e. The van der Waals surface area contributed by atoms with E-state index in [-0.39, 0.29) is 18.4 Å². The summed E-state index contributed by atoms with van der Waals surface area (Å²) in [6.07, 6.45) is 2.67. The van der Waals surface area contributed by atoms with Gasteiger partial charge in [0.25, 0.3) is 5.91 Å². The zero-order valence-corrected chi connectivity index (χ0v) is 10.2. The average molecular weight is 250 g/mol.